The van der Waals surface area contributed by atoms with Crippen molar-refractivity contribution in [2.75, 3.05) is 0 Å². The predicted octanol–water partition coefficient (Wildman–Crippen LogP) is 7.38. The third kappa shape index (κ3) is 6.93. The largest absolute Gasteiger partial charge is 0.504 e. The van der Waals surface area contributed by atoms with Crippen LogP contribution in [0.5, 0.6) is 0 Å². The van der Waals surface area contributed by atoms with Crippen LogP contribution in [0.25, 0.3) is 23.2 Å². The van der Waals surface area contributed by atoms with E-state index in [0.717, 1.165) is 24.3 Å². The van der Waals surface area contributed by atoms with Crippen LogP contribution in [0.15, 0.2) is 108 Å². The third-order valence-corrected chi connectivity index (χ3v) is 5.99. The Labute approximate surface area is 238 Å². The van der Waals surface area contributed by atoms with E-state index in [1.165, 1.54) is 48.5 Å². The molecule has 0 amide bonds. The van der Waals surface area contributed by atoms with E-state index in [4.69, 9.17) is 23.2 Å². The number of nitrogens with zero attached hydrogens (tertiary/aromatic N) is 2. The summed E-state index contributed by atoms with van der Waals surface area (Å²) < 4.78 is 0. The van der Waals surface area contributed by atoms with Gasteiger partial charge in [0.15, 0.2) is 34.6 Å². The van der Waals surface area contributed by atoms with Gasteiger partial charge >= 0.3 is 0 Å². The SMILES string of the molecule is O=C(/C=C(O)/C(O)=C/c1nc2ccccc2nc1/C=C(O)/C(O)=C/C(=O)c1ccc(Cl)cc1)c1ccc(Cl)cc1. The average Bonchev–Trinajstić information content (AvgIpc) is 2.93. The summed E-state index contributed by atoms with van der Waals surface area (Å²) in [5, 5.41) is 42.6. The van der Waals surface area contributed by atoms with E-state index in [1.54, 1.807) is 24.3 Å². The summed E-state index contributed by atoms with van der Waals surface area (Å²) in [6.45, 7) is 0. The number of rotatable bonds is 8. The predicted molar refractivity (Wildman–Crippen MR) is 154 cm³/mol. The van der Waals surface area contributed by atoms with E-state index in [0.29, 0.717) is 21.1 Å². The number of aliphatic hydroxyl groups is 4. The Morgan fingerprint density at radius 1 is 0.550 bits per heavy atom. The molecule has 1 aromatic heterocycles. The molecular weight excluding hydrogens is 555 g/mol. The molecule has 0 aliphatic rings. The topological polar surface area (TPSA) is 141 Å². The van der Waals surface area contributed by atoms with Crippen molar-refractivity contribution in [3.05, 3.63) is 141 Å². The fourth-order valence-corrected chi connectivity index (χ4v) is 3.69. The number of ketones is 2. The van der Waals surface area contributed by atoms with Gasteiger partial charge in [-0.3, -0.25) is 9.59 Å². The molecule has 40 heavy (non-hydrogen) atoms. The van der Waals surface area contributed by atoms with Crippen LogP contribution >= 0.6 is 23.2 Å². The van der Waals surface area contributed by atoms with Crippen molar-refractivity contribution in [3.63, 3.8) is 0 Å². The minimum Gasteiger partial charge on any atom is -0.504 e. The van der Waals surface area contributed by atoms with Crippen LogP contribution in [-0.2, 0) is 0 Å². The number of aromatic nitrogens is 2. The quantitative estimate of drug-likeness (QED) is 0.0738. The number of para-hydroxylation sites is 2. The average molecular weight is 575 g/mol. The van der Waals surface area contributed by atoms with Gasteiger partial charge in [0.25, 0.3) is 0 Å². The van der Waals surface area contributed by atoms with Crippen LogP contribution in [0.2, 0.25) is 10.0 Å². The Bertz CT molecular complexity index is 1600. The minimum absolute atomic E-state index is 0.0153. The van der Waals surface area contributed by atoms with Crippen LogP contribution in [0.1, 0.15) is 32.1 Å². The molecule has 4 rings (SSSR count). The molecule has 200 valence electrons. The van der Waals surface area contributed by atoms with Gasteiger partial charge < -0.3 is 20.4 Å². The first-order valence-corrected chi connectivity index (χ1v) is 12.4. The highest BCUT2D eigenvalue weighted by atomic mass is 35.5. The number of hydrogen-bond acceptors (Lipinski definition) is 8. The van der Waals surface area contributed by atoms with Gasteiger partial charge in [-0.15, -0.1) is 0 Å². The van der Waals surface area contributed by atoms with Crippen molar-refractivity contribution < 1.29 is 30.0 Å². The van der Waals surface area contributed by atoms with E-state index in [1.807, 2.05) is 0 Å². The lowest BCUT2D eigenvalue weighted by molar-refractivity contribution is 0.103. The molecule has 0 unspecified atom stereocenters. The number of aliphatic hydroxyl groups excluding tert-OH is 4. The molecule has 10 heteroatoms. The molecule has 0 spiro atoms. The molecule has 0 saturated heterocycles. The zero-order valence-corrected chi connectivity index (χ0v) is 22.0. The van der Waals surface area contributed by atoms with Crippen LogP contribution in [0, 0.1) is 0 Å². The maximum absolute atomic E-state index is 12.4. The maximum Gasteiger partial charge on any atom is 0.189 e. The first-order valence-electron chi connectivity index (χ1n) is 11.6. The van der Waals surface area contributed by atoms with Crippen LogP contribution < -0.4 is 0 Å². The van der Waals surface area contributed by atoms with Crippen molar-refractivity contribution in [2.45, 2.75) is 0 Å². The number of benzene rings is 3. The van der Waals surface area contributed by atoms with Crippen LogP contribution in [0.3, 0.4) is 0 Å². The summed E-state index contributed by atoms with van der Waals surface area (Å²) in [6.07, 6.45) is 3.74. The fourth-order valence-electron chi connectivity index (χ4n) is 3.44. The monoisotopic (exact) mass is 574 g/mol. The molecule has 0 fully saturated rings. The summed E-state index contributed by atoms with van der Waals surface area (Å²) in [5.74, 6) is -4.08. The smallest absolute Gasteiger partial charge is 0.189 e. The van der Waals surface area contributed by atoms with Crippen molar-refractivity contribution in [3.8, 4) is 0 Å². The van der Waals surface area contributed by atoms with E-state index in [-0.39, 0.29) is 22.5 Å². The molecule has 0 aliphatic heterocycles. The third-order valence-electron chi connectivity index (χ3n) is 5.49. The second-order valence-corrected chi connectivity index (χ2v) is 9.22. The summed E-state index contributed by atoms with van der Waals surface area (Å²) in [7, 11) is 0. The Morgan fingerprint density at radius 2 is 0.900 bits per heavy atom. The standard InChI is InChI=1S/C30H20Cl2N2O6/c31-19-9-5-17(6-10-19)25(35)15-29(39)27(37)13-23-24(34-22-4-2-1-3-21(22)33-23)14-28(38)30(40)16-26(36)18-7-11-20(32)12-8-18/h1-16,37-40H/b27-13-,28-14-,29-15-,30-16-. The molecular formula is C30H20Cl2N2O6. The van der Waals surface area contributed by atoms with Gasteiger partial charge in [-0.1, -0.05) is 35.3 Å². The molecule has 0 aliphatic carbocycles. The van der Waals surface area contributed by atoms with Gasteiger partial charge in [0.1, 0.15) is 0 Å². The maximum atomic E-state index is 12.4. The van der Waals surface area contributed by atoms with Crippen molar-refractivity contribution >= 4 is 58.0 Å². The number of halogens is 2. The second kappa shape index (κ2) is 12.3. The molecule has 3 aromatic carbocycles. The Hall–Kier alpha value is -4.92. The summed E-state index contributed by atoms with van der Waals surface area (Å²) in [4.78, 5) is 33.7. The number of hydrogen-bond donors (Lipinski definition) is 4. The molecule has 8 nitrogen and oxygen atoms in total. The van der Waals surface area contributed by atoms with E-state index >= 15 is 0 Å². The molecule has 0 atom stereocenters. The number of fused-ring (bicyclic) bond motifs is 1. The highest BCUT2D eigenvalue weighted by Gasteiger charge is 2.14. The summed E-state index contributed by atoms with van der Waals surface area (Å²) >= 11 is 11.7. The first-order chi connectivity index (χ1) is 19.1. The van der Waals surface area contributed by atoms with Gasteiger partial charge in [0.05, 0.1) is 22.4 Å². The van der Waals surface area contributed by atoms with E-state index < -0.39 is 34.6 Å². The highest BCUT2D eigenvalue weighted by molar-refractivity contribution is 6.31. The lowest BCUT2D eigenvalue weighted by atomic mass is 10.1. The van der Waals surface area contributed by atoms with Crippen LogP contribution in [0.4, 0.5) is 0 Å². The zero-order valence-electron chi connectivity index (χ0n) is 20.5. The molecule has 0 saturated carbocycles. The van der Waals surface area contributed by atoms with E-state index in [2.05, 4.69) is 9.97 Å². The lowest BCUT2D eigenvalue weighted by Gasteiger charge is -2.06. The summed E-state index contributed by atoms with van der Waals surface area (Å²) in [6, 6.07) is 18.7. The van der Waals surface area contributed by atoms with Gasteiger partial charge in [-0.05, 0) is 60.7 Å². The molecule has 0 bridgehead atoms. The highest BCUT2D eigenvalue weighted by Crippen LogP contribution is 2.21. The van der Waals surface area contributed by atoms with Gasteiger partial charge in [0, 0.05) is 45.5 Å². The van der Waals surface area contributed by atoms with Crippen molar-refractivity contribution in [2.24, 2.45) is 0 Å². The molecule has 1 heterocycles. The molecule has 4 aromatic rings. The van der Waals surface area contributed by atoms with Gasteiger partial charge in [0.2, 0.25) is 0 Å². The van der Waals surface area contributed by atoms with Gasteiger partial charge in [-0.25, -0.2) is 9.97 Å². The molecule has 4 N–H and O–H groups in total. The second-order valence-electron chi connectivity index (χ2n) is 8.34. The lowest BCUT2D eigenvalue weighted by Crippen LogP contribution is -2.01. The molecule has 0 radical (unpaired) electrons. The first kappa shape index (κ1) is 28.1. The van der Waals surface area contributed by atoms with Crippen molar-refractivity contribution in [1.82, 2.24) is 9.97 Å². The zero-order chi connectivity index (χ0) is 28.8. The van der Waals surface area contributed by atoms with Crippen LogP contribution in [-0.4, -0.2) is 42.0 Å². The Kier molecular flexibility index (Phi) is 8.63. The number of carbonyl (C=O) groups is 2. The minimum atomic E-state index is -0.745. The van der Waals surface area contributed by atoms with Gasteiger partial charge in [-0.2, -0.15) is 0 Å². The fraction of sp³-hybridized carbons (Fsp3) is 0. The number of allylic oxidation sites excluding steroid dienone is 2. The normalized spacial score (nSPS) is 12.9. The van der Waals surface area contributed by atoms with Crippen molar-refractivity contribution in [1.29, 1.82) is 0 Å². The Morgan fingerprint density at radius 3 is 1.25 bits per heavy atom. The van der Waals surface area contributed by atoms with E-state index in [9.17, 15) is 30.0 Å². The Balaban J connectivity index is 1.69. The number of carbonyl (C=O) groups excluding carboxylic acids is 2. The summed E-state index contributed by atoms with van der Waals surface area (Å²) in [5.41, 5.74) is 1.29.